The van der Waals surface area contributed by atoms with E-state index in [0.29, 0.717) is 0 Å². The van der Waals surface area contributed by atoms with Gasteiger partial charge >= 0.3 is 0 Å². The average Bonchev–Trinajstić information content (AvgIpc) is 2.35. The molecule has 0 bridgehead atoms. The van der Waals surface area contributed by atoms with Gasteiger partial charge in [0.15, 0.2) is 0 Å². The molecule has 0 saturated heterocycles. The summed E-state index contributed by atoms with van der Waals surface area (Å²) in [7, 11) is -0.467. The molecule has 0 nitrogen and oxygen atoms in total. The highest BCUT2D eigenvalue weighted by atomic mass is 28.3. The Labute approximate surface area is 117 Å². The van der Waals surface area contributed by atoms with Crippen LogP contribution >= 0.6 is 0 Å². The molecule has 2 heteroatoms. The zero-order valence-electron chi connectivity index (χ0n) is 11.8. The lowest BCUT2D eigenvalue weighted by Crippen LogP contribution is -2.12. The van der Waals surface area contributed by atoms with Gasteiger partial charge in [-0.3, -0.25) is 0 Å². The van der Waals surface area contributed by atoms with Gasteiger partial charge in [-0.05, 0) is 24.2 Å². The van der Waals surface area contributed by atoms with E-state index < -0.39 is 0 Å². The molecule has 0 aliphatic heterocycles. The quantitative estimate of drug-likeness (QED) is 0.237. The Morgan fingerprint density at radius 1 is 0.556 bits per heavy atom. The topological polar surface area (TPSA) is 0 Å². The Hall–Kier alpha value is -0.606. The van der Waals surface area contributed by atoms with Gasteiger partial charge in [0, 0.05) is 0 Å². The lowest BCUT2D eigenvalue weighted by molar-refractivity contribution is 0.858. The van der Waals surface area contributed by atoms with Gasteiger partial charge in [0.2, 0.25) is 0 Å². The molecule has 100 valence electrons. The van der Waals surface area contributed by atoms with Crippen LogP contribution in [0.3, 0.4) is 0 Å². The zero-order valence-corrected chi connectivity index (χ0v) is 13.8. The van der Waals surface area contributed by atoms with Crippen LogP contribution in [-0.4, -0.2) is 17.6 Å². The fraction of sp³-hybridized carbons (Fsp3) is 0.500. The predicted molar refractivity (Wildman–Crippen MR) is 90.4 cm³/mol. The molecule has 0 aliphatic carbocycles. The molecule has 0 aromatic heterocycles. The van der Waals surface area contributed by atoms with E-state index in [1.54, 1.807) is 0 Å². The van der Waals surface area contributed by atoms with E-state index in [1.807, 2.05) is 0 Å². The molecular formula is C16H28Si2. The minimum Gasteiger partial charge on any atom is -0.103 e. The van der Waals surface area contributed by atoms with Crippen molar-refractivity contribution in [1.29, 1.82) is 0 Å². The molecule has 0 spiro atoms. The smallest absolute Gasteiger partial charge is 0.0558 e. The molecule has 0 aromatic carbocycles. The van der Waals surface area contributed by atoms with Crippen molar-refractivity contribution in [2.75, 3.05) is 0 Å². The van der Waals surface area contributed by atoms with Crippen molar-refractivity contribution in [3.63, 3.8) is 0 Å². The van der Waals surface area contributed by atoms with Crippen molar-refractivity contribution in [2.24, 2.45) is 0 Å². The second kappa shape index (κ2) is 12.8. The molecule has 0 aromatic rings. The summed E-state index contributed by atoms with van der Waals surface area (Å²) in [6, 6.07) is 7.75. The van der Waals surface area contributed by atoms with Gasteiger partial charge < -0.3 is 0 Å². The van der Waals surface area contributed by atoms with Crippen LogP contribution in [0.15, 0.2) is 50.6 Å². The van der Waals surface area contributed by atoms with E-state index in [4.69, 9.17) is 0 Å². The first-order valence-corrected chi connectivity index (χ1v) is 11.1. The van der Waals surface area contributed by atoms with E-state index in [-0.39, 0.29) is 17.6 Å². The van der Waals surface area contributed by atoms with Crippen molar-refractivity contribution in [3.05, 3.63) is 50.6 Å². The van der Waals surface area contributed by atoms with Crippen LogP contribution in [0.5, 0.6) is 0 Å². The van der Waals surface area contributed by atoms with Gasteiger partial charge in [-0.1, -0.05) is 49.2 Å². The molecule has 0 N–H and O–H groups in total. The largest absolute Gasteiger partial charge is 0.103 e. The third-order valence-corrected chi connectivity index (χ3v) is 8.63. The number of rotatable bonds is 13. The number of hydrogen-bond donors (Lipinski definition) is 0. The Kier molecular flexibility index (Phi) is 12.4. The van der Waals surface area contributed by atoms with Gasteiger partial charge in [-0.25, -0.2) is 0 Å². The molecule has 0 saturated carbocycles. The van der Waals surface area contributed by atoms with Gasteiger partial charge in [-0.15, -0.1) is 26.3 Å². The summed E-state index contributed by atoms with van der Waals surface area (Å²) in [6.45, 7) is 15.4. The van der Waals surface area contributed by atoms with Crippen molar-refractivity contribution < 1.29 is 0 Å². The summed E-state index contributed by atoms with van der Waals surface area (Å²) in [6.07, 6.45) is 11.1. The molecule has 0 atom stereocenters. The molecule has 2 radical (unpaired) electrons. The van der Waals surface area contributed by atoms with Crippen LogP contribution < -0.4 is 0 Å². The van der Waals surface area contributed by atoms with E-state index in [1.165, 1.54) is 49.1 Å². The molecule has 0 fully saturated rings. The standard InChI is InChI=1S/C16H28Si2/c1-5-11-17(12-6-2)15-9-10-16-18(13-7-3)14-8-4/h5-8H,1-4,9-16H2. The first-order chi connectivity index (χ1) is 8.78. The van der Waals surface area contributed by atoms with Crippen LogP contribution in [0.2, 0.25) is 36.3 Å². The molecule has 0 unspecified atom stereocenters. The van der Waals surface area contributed by atoms with Gasteiger partial charge in [0.25, 0.3) is 0 Å². The highest BCUT2D eigenvalue weighted by molar-refractivity contribution is 6.60. The third-order valence-electron chi connectivity index (χ3n) is 3.04. The van der Waals surface area contributed by atoms with Gasteiger partial charge in [-0.2, -0.15) is 0 Å². The highest BCUT2D eigenvalue weighted by Gasteiger charge is 2.10. The number of allylic oxidation sites excluding steroid dienone is 4. The first kappa shape index (κ1) is 17.4. The SMILES string of the molecule is C=CC[Si](CC=C)CCCC[Si](CC=C)CC=C. The van der Waals surface area contributed by atoms with Crippen LogP contribution in [0.25, 0.3) is 0 Å². The van der Waals surface area contributed by atoms with Gasteiger partial charge in [0.1, 0.15) is 0 Å². The molecule has 0 rings (SSSR count). The maximum Gasteiger partial charge on any atom is 0.0558 e. The van der Waals surface area contributed by atoms with Crippen molar-refractivity contribution in [2.45, 2.75) is 49.1 Å². The monoisotopic (exact) mass is 276 g/mol. The second-order valence-electron chi connectivity index (χ2n) is 4.68. The zero-order chi connectivity index (χ0) is 13.6. The lowest BCUT2D eigenvalue weighted by atomic mass is 10.4. The van der Waals surface area contributed by atoms with Crippen molar-refractivity contribution in [1.82, 2.24) is 0 Å². The van der Waals surface area contributed by atoms with E-state index >= 15 is 0 Å². The maximum absolute atomic E-state index is 3.86. The molecule has 0 amide bonds. The normalized spacial score (nSPS) is 10.6. The molecule has 0 heterocycles. The van der Waals surface area contributed by atoms with Crippen LogP contribution in [-0.2, 0) is 0 Å². The summed E-state index contributed by atoms with van der Waals surface area (Å²) < 4.78 is 0. The molecule has 0 aliphatic rings. The van der Waals surface area contributed by atoms with Crippen LogP contribution in [0.4, 0.5) is 0 Å². The minimum atomic E-state index is -0.233. The molecular weight excluding hydrogens is 248 g/mol. The van der Waals surface area contributed by atoms with E-state index in [2.05, 4.69) is 50.6 Å². The van der Waals surface area contributed by atoms with Crippen LogP contribution in [0.1, 0.15) is 12.8 Å². The van der Waals surface area contributed by atoms with Gasteiger partial charge in [0.05, 0.1) is 17.6 Å². The highest BCUT2D eigenvalue weighted by Crippen LogP contribution is 2.16. The fourth-order valence-electron chi connectivity index (χ4n) is 2.14. The third kappa shape index (κ3) is 9.43. The summed E-state index contributed by atoms with van der Waals surface area (Å²) in [5, 5.41) is 0. The van der Waals surface area contributed by atoms with E-state index in [0.717, 1.165) is 0 Å². The van der Waals surface area contributed by atoms with Crippen LogP contribution in [0, 0.1) is 0 Å². The summed E-state index contributed by atoms with van der Waals surface area (Å²) >= 11 is 0. The number of unbranched alkanes of at least 4 members (excludes halogenated alkanes) is 1. The summed E-state index contributed by atoms with van der Waals surface area (Å²) in [5.41, 5.74) is 0. The summed E-state index contributed by atoms with van der Waals surface area (Å²) in [5.74, 6) is 0. The number of hydrogen-bond acceptors (Lipinski definition) is 0. The Bertz CT molecular complexity index is 199. The van der Waals surface area contributed by atoms with Crippen molar-refractivity contribution in [3.8, 4) is 0 Å². The van der Waals surface area contributed by atoms with Crippen molar-refractivity contribution >= 4 is 17.6 Å². The fourth-order valence-corrected chi connectivity index (χ4v) is 6.42. The maximum atomic E-state index is 3.86. The predicted octanol–water partition coefficient (Wildman–Crippen LogP) is 5.50. The lowest BCUT2D eigenvalue weighted by Gasteiger charge is -2.13. The Morgan fingerprint density at radius 2 is 0.833 bits per heavy atom. The average molecular weight is 277 g/mol. The second-order valence-corrected chi connectivity index (χ2v) is 10.3. The Morgan fingerprint density at radius 3 is 1.06 bits per heavy atom. The minimum absolute atomic E-state index is 0.233. The Balaban J connectivity index is 3.78. The first-order valence-electron chi connectivity index (χ1n) is 6.89. The summed E-state index contributed by atoms with van der Waals surface area (Å²) in [4.78, 5) is 0. The van der Waals surface area contributed by atoms with E-state index in [9.17, 15) is 0 Å². The molecule has 18 heavy (non-hydrogen) atoms.